The van der Waals surface area contributed by atoms with Gasteiger partial charge in [-0.2, -0.15) is 0 Å². The van der Waals surface area contributed by atoms with Crippen molar-refractivity contribution in [2.45, 2.75) is 31.2 Å². The molecule has 4 rings (SSSR count). The molecule has 0 N–H and O–H groups in total. The first-order chi connectivity index (χ1) is 13.7. The number of carbonyl (C=O) groups is 1. The van der Waals surface area contributed by atoms with Crippen molar-refractivity contribution >= 4 is 5.91 Å². The largest absolute Gasteiger partial charge is 0.383 e. The van der Waals surface area contributed by atoms with Crippen LogP contribution in [0.3, 0.4) is 0 Å². The average Bonchev–Trinajstić information content (AvgIpc) is 3.27. The fourth-order valence-electron chi connectivity index (χ4n) is 4.28. The highest BCUT2D eigenvalue weighted by Gasteiger charge is 2.51. The third-order valence-corrected chi connectivity index (χ3v) is 5.59. The molecule has 1 amide bonds. The molecule has 28 heavy (non-hydrogen) atoms. The van der Waals surface area contributed by atoms with Gasteiger partial charge in [0.2, 0.25) is 5.91 Å². The minimum Gasteiger partial charge on any atom is -0.383 e. The van der Waals surface area contributed by atoms with Crippen LogP contribution in [0.2, 0.25) is 0 Å². The number of ether oxygens (including phenoxy) is 1. The van der Waals surface area contributed by atoms with E-state index in [1.807, 2.05) is 4.90 Å². The number of hydrogen-bond acceptors (Lipinski definition) is 4. The minimum atomic E-state index is -0.288. The van der Waals surface area contributed by atoms with Gasteiger partial charge in [-0.25, -0.2) is 14.4 Å². The zero-order chi connectivity index (χ0) is 19.5. The van der Waals surface area contributed by atoms with E-state index >= 15 is 0 Å². The molecule has 1 aromatic heterocycles. The molecule has 0 bridgehead atoms. The molecule has 144 valence electrons. The minimum absolute atomic E-state index is 0.108. The second-order valence-electron chi connectivity index (χ2n) is 7.25. The number of methoxy groups -OCH3 is 1. The van der Waals surface area contributed by atoms with Gasteiger partial charge in [0.1, 0.15) is 17.6 Å². The summed E-state index contributed by atoms with van der Waals surface area (Å²) in [5.41, 5.74) is 1.39. The van der Waals surface area contributed by atoms with Crippen molar-refractivity contribution in [1.82, 2.24) is 14.9 Å². The van der Waals surface area contributed by atoms with Gasteiger partial charge in [0.15, 0.2) is 0 Å². The molecule has 2 heterocycles. The maximum Gasteiger partial charge on any atom is 0.234 e. The topological polar surface area (TPSA) is 55.3 Å². The monoisotopic (exact) mass is 379 g/mol. The first-order valence-corrected chi connectivity index (χ1v) is 9.56. The highest BCUT2D eigenvalue weighted by Crippen LogP contribution is 2.45. The number of aromatic nitrogens is 2. The van der Waals surface area contributed by atoms with Gasteiger partial charge in [0.05, 0.1) is 12.2 Å². The summed E-state index contributed by atoms with van der Waals surface area (Å²) in [5.74, 6) is 6.35. The summed E-state index contributed by atoms with van der Waals surface area (Å²) in [4.78, 5) is 23.9. The van der Waals surface area contributed by atoms with Gasteiger partial charge in [-0.05, 0) is 43.0 Å². The predicted molar refractivity (Wildman–Crippen MR) is 102 cm³/mol. The summed E-state index contributed by atoms with van der Waals surface area (Å²) in [6, 6.07) is 6.28. The summed E-state index contributed by atoms with van der Waals surface area (Å²) in [7, 11) is 1.65. The van der Waals surface area contributed by atoms with Crippen molar-refractivity contribution in [3.05, 3.63) is 59.4 Å². The number of amides is 1. The van der Waals surface area contributed by atoms with E-state index in [4.69, 9.17) is 4.74 Å². The lowest BCUT2D eigenvalue weighted by atomic mass is 9.91. The Hall–Kier alpha value is -2.78. The Morgan fingerprint density at radius 3 is 2.57 bits per heavy atom. The molecular formula is C22H22FN3O2. The molecule has 1 saturated carbocycles. The first-order valence-electron chi connectivity index (χ1n) is 9.56. The molecule has 5 nitrogen and oxygen atoms in total. The molecule has 2 fully saturated rings. The van der Waals surface area contributed by atoms with Crippen LogP contribution in [-0.2, 0) is 9.53 Å². The highest BCUT2D eigenvalue weighted by molar-refractivity contribution is 5.86. The molecule has 1 aliphatic heterocycles. The third kappa shape index (κ3) is 3.63. The van der Waals surface area contributed by atoms with E-state index in [-0.39, 0.29) is 29.6 Å². The van der Waals surface area contributed by atoms with E-state index in [1.54, 1.807) is 31.6 Å². The number of benzene rings is 1. The molecule has 3 atom stereocenters. The standard InChI is InChI=1S/C22H22FN3O2/c1-28-12-11-26-19-4-2-3-18(19)20(22(26)27)21-24-13-16(14-25-21)6-5-15-7-9-17(23)10-8-15/h7-10,13-14,18-20H,2-4,11-12H2,1H3/t18-,19-,20?/m0/s1. The summed E-state index contributed by atoms with van der Waals surface area (Å²) >= 11 is 0. The number of nitrogens with zero attached hydrogens (tertiary/aromatic N) is 3. The fourth-order valence-corrected chi connectivity index (χ4v) is 4.28. The maximum absolute atomic E-state index is 13.0. The molecule has 0 radical (unpaired) electrons. The SMILES string of the molecule is COCCN1C(=O)C(c2ncc(C#Cc3ccc(F)cc3)cn2)[C@H]2CCC[C@@H]21. The van der Waals surface area contributed by atoms with E-state index < -0.39 is 0 Å². The lowest BCUT2D eigenvalue weighted by Gasteiger charge is -2.23. The Bertz CT molecular complexity index is 902. The normalized spacial score (nSPS) is 23.4. The Morgan fingerprint density at radius 1 is 1.14 bits per heavy atom. The smallest absolute Gasteiger partial charge is 0.234 e. The highest BCUT2D eigenvalue weighted by atomic mass is 19.1. The van der Waals surface area contributed by atoms with E-state index in [0.29, 0.717) is 24.5 Å². The quantitative estimate of drug-likeness (QED) is 0.767. The van der Waals surface area contributed by atoms with Crippen LogP contribution in [-0.4, -0.2) is 47.1 Å². The van der Waals surface area contributed by atoms with Crippen molar-refractivity contribution in [3.63, 3.8) is 0 Å². The van der Waals surface area contributed by atoms with Crippen LogP contribution in [0.15, 0.2) is 36.7 Å². The van der Waals surface area contributed by atoms with Crippen LogP contribution in [0.5, 0.6) is 0 Å². The second kappa shape index (κ2) is 8.07. The van der Waals surface area contributed by atoms with Gasteiger partial charge < -0.3 is 9.64 Å². The van der Waals surface area contributed by atoms with Crippen LogP contribution >= 0.6 is 0 Å². The number of carbonyl (C=O) groups excluding carboxylic acids is 1. The van der Waals surface area contributed by atoms with Crippen LogP contribution < -0.4 is 0 Å². The van der Waals surface area contributed by atoms with Crippen molar-refractivity contribution in [3.8, 4) is 11.8 Å². The molecule has 0 spiro atoms. The number of halogens is 1. The van der Waals surface area contributed by atoms with Crippen LogP contribution in [0, 0.1) is 23.6 Å². The van der Waals surface area contributed by atoms with E-state index in [2.05, 4.69) is 21.8 Å². The molecule has 6 heteroatoms. The van der Waals surface area contributed by atoms with E-state index in [9.17, 15) is 9.18 Å². The maximum atomic E-state index is 13.0. The van der Waals surface area contributed by atoms with Gasteiger partial charge in [-0.15, -0.1) is 0 Å². The number of fused-ring (bicyclic) bond motifs is 1. The van der Waals surface area contributed by atoms with Crippen LogP contribution in [0.4, 0.5) is 4.39 Å². The van der Waals surface area contributed by atoms with Gasteiger partial charge in [0.25, 0.3) is 0 Å². The lowest BCUT2D eigenvalue weighted by molar-refractivity contribution is -0.131. The Labute approximate surface area is 163 Å². The number of hydrogen-bond donors (Lipinski definition) is 0. The molecule has 2 aromatic rings. The first kappa shape index (κ1) is 18.6. The molecule has 1 aromatic carbocycles. The van der Waals surface area contributed by atoms with Gasteiger partial charge in [0, 0.05) is 37.7 Å². The number of rotatable bonds is 4. The molecule has 1 saturated heterocycles. The summed E-state index contributed by atoms with van der Waals surface area (Å²) in [6.45, 7) is 1.16. The molecule has 1 unspecified atom stereocenters. The van der Waals surface area contributed by atoms with Gasteiger partial charge >= 0.3 is 0 Å². The molecule has 1 aliphatic carbocycles. The van der Waals surface area contributed by atoms with Gasteiger partial charge in [-0.3, -0.25) is 4.79 Å². The lowest BCUT2D eigenvalue weighted by Crippen LogP contribution is -2.36. The van der Waals surface area contributed by atoms with E-state index in [1.165, 1.54) is 12.1 Å². The summed E-state index contributed by atoms with van der Waals surface area (Å²) in [5, 5.41) is 0. The van der Waals surface area contributed by atoms with Crippen LogP contribution in [0.25, 0.3) is 0 Å². The molecule has 2 aliphatic rings. The van der Waals surface area contributed by atoms with Crippen LogP contribution in [0.1, 0.15) is 42.1 Å². The molecular weight excluding hydrogens is 357 g/mol. The van der Waals surface area contributed by atoms with Crippen molar-refractivity contribution in [2.75, 3.05) is 20.3 Å². The Balaban J connectivity index is 1.52. The van der Waals surface area contributed by atoms with Crippen molar-refractivity contribution in [1.29, 1.82) is 0 Å². The summed E-state index contributed by atoms with van der Waals surface area (Å²) < 4.78 is 18.1. The van der Waals surface area contributed by atoms with Gasteiger partial charge in [-0.1, -0.05) is 18.3 Å². The predicted octanol–water partition coefficient (Wildman–Crippen LogP) is 2.76. The zero-order valence-corrected chi connectivity index (χ0v) is 15.8. The Kier molecular flexibility index (Phi) is 5.36. The van der Waals surface area contributed by atoms with E-state index in [0.717, 1.165) is 24.8 Å². The van der Waals surface area contributed by atoms with Crippen molar-refractivity contribution < 1.29 is 13.9 Å². The average molecular weight is 379 g/mol. The fraction of sp³-hybridized carbons (Fsp3) is 0.409. The van der Waals surface area contributed by atoms with Crippen molar-refractivity contribution in [2.24, 2.45) is 5.92 Å². The summed E-state index contributed by atoms with van der Waals surface area (Å²) in [6.07, 6.45) is 6.52. The zero-order valence-electron chi connectivity index (χ0n) is 15.8. The third-order valence-electron chi connectivity index (χ3n) is 5.59. The second-order valence-corrected chi connectivity index (χ2v) is 7.25. The number of likely N-dealkylation sites (tertiary alicyclic amines) is 1. The Morgan fingerprint density at radius 2 is 1.86 bits per heavy atom.